The molecule has 6 heteroatoms. The summed E-state index contributed by atoms with van der Waals surface area (Å²) < 4.78 is 45.5. The second kappa shape index (κ2) is 10.8. The molecule has 5 aliphatic rings. The van der Waals surface area contributed by atoms with Gasteiger partial charge >= 0.3 is 6.18 Å². The summed E-state index contributed by atoms with van der Waals surface area (Å²) in [6.07, 6.45) is 24.1. The molecule has 4 unspecified atom stereocenters. The first-order valence-corrected chi connectivity index (χ1v) is 15.0. The van der Waals surface area contributed by atoms with E-state index in [1.54, 1.807) is 0 Å². The minimum Gasteiger partial charge on any atom is -0.459 e. The molecule has 1 N–H and O–H groups in total. The molecule has 1 aromatic heterocycles. The first-order valence-electron chi connectivity index (χ1n) is 15.0. The zero-order valence-electron chi connectivity index (χ0n) is 23.1. The average Bonchev–Trinajstić information content (AvgIpc) is 3.39. The van der Waals surface area contributed by atoms with Crippen molar-refractivity contribution in [2.75, 3.05) is 0 Å². The molecule has 41 heavy (non-hydrogen) atoms. The summed E-state index contributed by atoms with van der Waals surface area (Å²) in [6, 6.07) is 6.59. The Morgan fingerprint density at radius 1 is 0.951 bits per heavy atom. The van der Waals surface area contributed by atoms with Crippen molar-refractivity contribution < 1.29 is 17.6 Å². The van der Waals surface area contributed by atoms with E-state index in [1.165, 1.54) is 41.6 Å². The minimum atomic E-state index is -4.32. The van der Waals surface area contributed by atoms with Gasteiger partial charge in [0.2, 0.25) is 0 Å². The second-order valence-electron chi connectivity index (χ2n) is 11.9. The van der Waals surface area contributed by atoms with Gasteiger partial charge in [-0.25, -0.2) is 0 Å². The highest BCUT2D eigenvalue weighted by atomic mass is 19.4. The van der Waals surface area contributed by atoms with Gasteiger partial charge in [0.15, 0.2) is 0 Å². The average molecular weight is 557 g/mol. The lowest BCUT2D eigenvalue weighted by Gasteiger charge is -2.37. The largest absolute Gasteiger partial charge is 0.459 e. The van der Waals surface area contributed by atoms with Crippen molar-refractivity contribution in [3.8, 4) is 0 Å². The number of rotatable bonds is 4. The number of aliphatic imine (C=N–C) groups is 1. The van der Waals surface area contributed by atoms with Crippen LogP contribution in [-0.2, 0) is 6.42 Å². The van der Waals surface area contributed by atoms with Crippen LogP contribution in [-0.4, -0.2) is 24.5 Å². The number of nitrogens with one attached hydrogen (secondary N) is 1. The number of furan rings is 1. The molecule has 0 bridgehead atoms. The number of hydrogen-bond donors (Lipinski definition) is 1. The summed E-state index contributed by atoms with van der Waals surface area (Å²) in [7, 11) is 0. The van der Waals surface area contributed by atoms with Gasteiger partial charge in [0.05, 0.1) is 5.92 Å². The highest BCUT2D eigenvalue weighted by Gasteiger charge is 2.41. The van der Waals surface area contributed by atoms with Gasteiger partial charge in [-0.3, -0.25) is 4.99 Å². The number of nitrogens with zero attached hydrogens (tertiary/aromatic N) is 1. The van der Waals surface area contributed by atoms with Gasteiger partial charge < -0.3 is 9.73 Å². The maximum Gasteiger partial charge on any atom is 0.397 e. The van der Waals surface area contributed by atoms with Crippen LogP contribution in [0.4, 0.5) is 18.9 Å². The summed E-state index contributed by atoms with van der Waals surface area (Å²) in [5.74, 6) is -0.742. The molecule has 0 fully saturated rings. The first kappa shape index (κ1) is 26.5. The van der Waals surface area contributed by atoms with Crippen LogP contribution < -0.4 is 5.32 Å². The molecule has 2 aliphatic heterocycles. The van der Waals surface area contributed by atoms with Crippen LogP contribution in [0.5, 0.6) is 0 Å². The SMILES string of the molecule is FC(F)(F)C1C=Nc2c(oc3ccc(C4=CC=C(C5=CC(C6C=CCCC6)NC(C6=CCCC=C6)C5)CC4)cc23)C1. The highest BCUT2D eigenvalue weighted by molar-refractivity contribution is 5.95. The van der Waals surface area contributed by atoms with Gasteiger partial charge in [-0.05, 0) is 97.3 Å². The maximum absolute atomic E-state index is 13.2. The van der Waals surface area contributed by atoms with E-state index in [9.17, 15) is 13.2 Å². The number of hydrogen-bond acceptors (Lipinski definition) is 3. The third-order valence-electron chi connectivity index (χ3n) is 9.25. The van der Waals surface area contributed by atoms with Gasteiger partial charge in [-0.2, -0.15) is 13.2 Å². The first-order chi connectivity index (χ1) is 19.9. The van der Waals surface area contributed by atoms with Gasteiger partial charge in [0.1, 0.15) is 17.0 Å². The number of benzene rings is 1. The van der Waals surface area contributed by atoms with Crippen molar-refractivity contribution in [2.45, 2.75) is 76.0 Å². The van der Waals surface area contributed by atoms with Crippen molar-refractivity contribution in [3.63, 3.8) is 0 Å². The molecule has 212 valence electrons. The van der Waals surface area contributed by atoms with Gasteiger partial charge in [-0.1, -0.05) is 54.7 Å². The molecule has 0 spiro atoms. The van der Waals surface area contributed by atoms with Crippen LogP contribution in [0.3, 0.4) is 0 Å². The molecular formula is C35H35F3N2O. The monoisotopic (exact) mass is 556 g/mol. The van der Waals surface area contributed by atoms with E-state index in [2.05, 4.69) is 58.9 Å². The third-order valence-corrected chi connectivity index (χ3v) is 9.25. The van der Waals surface area contributed by atoms with E-state index < -0.39 is 12.1 Å². The zero-order chi connectivity index (χ0) is 28.0. The summed E-state index contributed by atoms with van der Waals surface area (Å²) in [5.41, 5.74) is 7.72. The molecule has 4 atom stereocenters. The Balaban J connectivity index is 1.16. The van der Waals surface area contributed by atoms with Crippen molar-refractivity contribution in [1.29, 1.82) is 0 Å². The molecule has 7 rings (SSSR count). The fourth-order valence-electron chi connectivity index (χ4n) is 6.95. The van der Waals surface area contributed by atoms with Crippen molar-refractivity contribution in [3.05, 3.63) is 94.9 Å². The van der Waals surface area contributed by atoms with Gasteiger partial charge in [0, 0.05) is 30.1 Å². The normalized spacial score (nSPS) is 28.2. The molecule has 3 heterocycles. The number of allylic oxidation sites excluding steroid dienone is 7. The van der Waals surface area contributed by atoms with E-state index in [1.807, 2.05) is 18.2 Å². The Morgan fingerprint density at radius 2 is 1.83 bits per heavy atom. The summed E-state index contributed by atoms with van der Waals surface area (Å²) in [6.45, 7) is 0. The third kappa shape index (κ3) is 5.34. The Labute approximate surface area is 239 Å². The van der Waals surface area contributed by atoms with Crippen molar-refractivity contribution >= 4 is 28.4 Å². The fourth-order valence-corrected chi connectivity index (χ4v) is 6.95. The highest BCUT2D eigenvalue weighted by Crippen LogP contribution is 2.43. The van der Waals surface area contributed by atoms with Crippen molar-refractivity contribution in [2.24, 2.45) is 16.8 Å². The molecule has 0 saturated carbocycles. The molecule has 0 amide bonds. The Morgan fingerprint density at radius 3 is 2.59 bits per heavy atom. The second-order valence-corrected chi connectivity index (χ2v) is 11.9. The van der Waals surface area contributed by atoms with Crippen LogP contribution in [0.2, 0.25) is 0 Å². The molecule has 3 nitrogen and oxygen atoms in total. The molecule has 0 saturated heterocycles. The van der Waals surface area contributed by atoms with E-state index >= 15 is 0 Å². The van der Waals surface area contributed by atoms with Crippen LogP contribution in [0.1, 0.15) is 62.7 Å². The lowest BCUT2D eigenvalue weighted by molar-refractivity contribution is -0.154. The molecule has 2 aromatic rings. The van der Waals surface area contributed by atoms with E-state index in [0.29, 0.717) is 35.0 Å². The topological polar surface area (TPSA) is 37.5 Å². The summed E-state index contributed by atoms with van der Waals surface area (Å²) >= 11 is 0. The van der Waals surface area contributed by atoms with E-state index in [0.717, 1.165) is 49.3 Å². The number of alkyl halides is 3. The van der Waals surface area contributed by atoms with Crippen LogP contribution in [0.15, 0.2) is 92.9 Å². The lowest BCUT2D eigenvalue weighted by Crippen LogP contribution is -2.46. The number of fused-ring (bicyclic) bond motifs is 3. The van der Waals surface area contributed by atoms with Gasteiger partial charge in [-0.15, -0.1) is 0 Å². The quantitative estimate of drug-likeness (QED) is 0.381. The summed E-state index contributed by atoms with van der Waals surface area (Å²) in [4.78, 5) is 4.18. The minimum absolute atomic E-state index is 0.198. The van der Waals surface area contributed by atoms with Crippen LogP contribution >= 0.6 is 0 Å². The standard InChI is InChI=1S/C35H35F3N2O/c36-35(37,38)28-20-33-34(39-21-28)29-17-26(15-16-32(29)41-33)22-11-13-23(14-12-22)27-18-30(24-7-3-1-4-8-24)40-31(19-27)25-9-5-2-6-10-25/h3,5,7-9,11,13,15-17,19,21,25,28,30-31,40H,1-2,4,6,10,12,14,18,20H2. The van der Waals surface area contributed by atoms with Gasteiger partial charge in [0.25, 0.3) is 0 Å². The zero-order valence-corrected chi connectivity index (χ0v) is 23.1. The predicted octanol–water partition coefficient (Wildman–Crippen LogP) is 9.26. The smallest absolute Gasteiger partial charge is 0.397 e. The summed E-state index contributed by atoms with van der Waals surface area (Å²) in [5, 5.41) is 4.76. The molecular weight excluding hydrogens is 521 g/mol. The lowest BCUT2D eigenvalue weighted by atomic mass is 9.79. The molecule has 3 aliphatic carbocycles. The molecule has 1 aromatic carbocycles. The van der Waals surface area contributed by atoms with Crippen LogP contribution in [0, 0.1) is 11.8 Å². The Hall–Kier alpha value is -3.38. The Kier molecular flexibility index (Phi) is 6.98. The van der Waals surface area contributed by atoms with E-state index in [4.69, 9.17) is 4.42 Å². The van der Waals surface area contributed by atoms with E-state index in [-0.39, 0.29) is 6.42 Å². The fraction of sp³-hybridized carbons (Fsp3) is 0.400. The maximum atomic E-state index is 13.2. The van der Waals surface area contributed by atoms with Crippen LogP contribution in [0.25, 0.3) is 16.5 Å². The predicted molar refractivity (Wildman–Crippen MR) is 159 cm³/mol. The van der Waals surface area contributed by atoms with Crippen molar-refractivity contribution in [1.82, 2.24) is 5.32 Å². The Bertz CT molecular complexity index is 1560. The molecule has 0 radical (unpaired) electrons. The number of halogens is 3.